The topological polar surface area (TPSA) is 15.3 Å². The molecule has 0 amide bonds. The van der Waals surface area contributed by atoms with E-state index in [-0.39, 0.29) is 0 Å². The maximum Gasteiger partial charge on any atom is 0.0164 e. The predicted octanol–water partition coefficient (Wildman–Crippen LogP) is 2.44. The highest BCUT2D eigenvalue weighted by Crippen LogP contribution is 2.38. The van der Waals surface area contributed by atoms with Crippen molar-refractivity contribution < 1.29 is 0 Å². The number of rotatable bonds is 8. The van der Waals surface area contributed by atoms with Crippen molar-refractivity contribution in [3.63, 3.8) is 0 Å². The van der Waals surface area contributed by atoms with Crippen LogP contribution < -0.4 is 5.32 Å². The monoisotopic (exact) mass is 222 g/mol. The van der Waals surface area contributed by atoms with E-state index in [1.807, 2.05) is 12.2 Å². The van der Waals surface area contributed by atoms with E-state index in [0.717, 1.165) is 19.6 Å². The molecule has 1 aliphatic carbocycles. The summed E-state index contributed by atoms with van der Waals surface area (Å²) in [5, 5.41) is 3.36. The van der Waals surface area contributed by atoms with Crippen LogP contribution in [0.5, 0.6) is 0 Å². The van der Waals surface area contributed by atoms with Crippen molar-refractivity contribution in [3.05, 3.63) is 25.3 Å². The summed E-state index contributed by atoms with van der Waals surface area (Å²) in [6.07, 6.45) is 9.48. The summed E-state index contributed by atoms with van der Waals surface area (Å²) < 4.78 is 0. The third-order valence-electron chi connectivity index (χ3n) is 3.55. The molecule has 1 aliphatic rings. The average molecular weight is 222 g/mol. The van der Waals surface area contributed by atoms with E-state index in [1.165, 1.54) is 32.2 Å². The normalized spacial score (nSPS) is 18.9. The third kappa shape index (κ3) is 3.76. The number of nitrogens with one attached hydrogen (secondary N) is 1. The van der Waals surface area contributed by atoms with E-state index in [1.54, 1.807) is 0 Å². The zero-order valence-electron chi connectivity index (χ0n) is 10.7. The van der Waals surface area contributed by atoms with Gasteiger partial charge in [0.15, 0.2) is 0 Å². The van der Waals surface area contributed by atoms with Crippen LogP contribution in [0.2, 0.25) is 0 Å². The molecule has 0 saturated heterocycles. The maximum absolute atomic E-state index is 3.83. The molecule has 0 aromatic heterocycles. The smallest absolute Gasteiger partial charge is 0.0164 e. The van der Waals surface area contributed by atoms with Gasteiger partial charge in [-0.25, -0.2) is 0 Å². The lowest BCUT2D eigenvalue weighted by atomic mass is 9.85. The van der Waals surface area contributed by atoms with Crippen LogP contribution in [0, 0.1) is 5.41 Å². The Labute approximate surface area is 100 Å². The summed E-state index contributed by atoms with van der Waals surface area (Å²) in [6.45, 7) is 11.9. The number of nitrogens with zero attached hydrogens (tertiary/aromatic N) is 1. The molecule has 0 radical (unpaired) electrons. The maximum atomic E-state index is 3.83. The standard InChI is InChI=1S/C14H26N2/c1-4-10-16(11-5-2)13-14(12-15-3)8-6-7-9-14/h4-5,15H,1-2,6-13H2,3H3. The lowest BCUT2D eigenvalue weighted by Crippen LogP contribution is -2.42. The Bertz CT molecular complexity index is 207. The van der Waals surface area contributed by atoms with Gasteiger partial charge in [0, 0.05) is 26.2 Å². The first kappa shape index (κ1) is 13.5. The van der Waals surface area contributed by atoms with Gasteiger partial charge in [0.2, 0.25) is 0 Å². The average Bonchev–Trinajstić information content (AvgIpc) is 2.68. The molecule has 2 nitrogen and oxygen atoms in total. The SMILES string of the molecule is C=CCN(CC=C)CC1(CNC)CCCC1. The Kier molecular flexibility index (Phi) is 5.78. The van der Waals surface area contributed by atoms with Gasteiger partial charge < -0.3 is 5.32 Å². The highest BCUT2D eigenvalue weighted by molar-refractivity contribution is 4.91. The van der Waals surface area contributed by atoms with Gasteiger partial charge in [-0.2, -0.15) is 0 Å². The van der Waals surface area contributed by atoms with Crippen molar-refractivity contribution in [3.8, 4) is 0 Å². The summed E-state index contributed by atoms with van der Waals surface area (Å²) in [4.78, 5) is 2.45. The molecule has 0 spiro atoms. The fourth-order valence-electron chi connectivity index (χ4n) is 2.93. The van der Waals surface area contributed by atoms with Crippen LogP contribution >= 0.6 is 0 Å². The minimum absolute atomic E-state index is 0.487. The molecule has 0 atom stereocenters. The number of hydrogen-bond donors (Lipinski definition) is 1. The van der Waals surface area contributed by atoms with Crippen LogP contribution in [-0.4, -0.2) is 38.1 Å². The second-order valence-corrected chi connectivity index (χ2v) is 5.01. The molecule has 0 unspecified atom stereocenters. The zero-order valence-corrected chi connectivity index (χ0v) is 10.7. The van der Waals surface area contributed by atoms with Crippen LogP contribution in [0.4, 0.5) is 0 Å². The molecule has 16 heavy (non-hydrogen) atoms. The van der Waals surface area contributed by atoms with E-state index < -0.39 is 0 Å². The van der Waals surface area contributed by atoms with Gasteiger partial charge in [-0.1, -0.05) is 25.0 Å². The lowest BCUT2D eigenvalue weighted by Gasteiger charge is -2.34. The van der Waals surface area contributed by atoms with Crippen LogP contribution in [0.15, 0.2) is 25.3 Å². The fraction of sp³-hybridized carbons (Fsp3) is 0.714. The summed E-state index contributed by atoms with van der Waals surface area (Å²) >= 11 is 0. The molecule has 2 heteroatoms. The molecule has 1 saturated carbocycles. The molecule has 0 aliphatic heterocycles. The van der Waals surface area contributed by atoms with E-state index in [0.29, 0.717) is 5.41 Å². The van der Waals surface area contributed by atoms with Gasteiger partial charge in [-0.3, -0.25) is 4.90 Å². The van der Waals surface area contributed by atoms with E-state index in [2.05, 4.69) is 30.4 Å². The molecule has 1 fully saturated rings. The van der Waals surface area contributed by atoms with Gasteiger partial charge in [-0.15, -0.1) is 13.2 Å². The quantitative estimate of drug-likeness (QED) is 0.635. The number of hydrogen-bond acceptors (Lipinski definition) is 2. The Balaban J connectivity index is 2.56. The van der Waals surface area contributed by atoms with Crippen molar-refractivity contribution in [2.75, 3.05) is 33.2 Å². The second-order valence-electron chi connectivity index (χ2n) is 5.01. The minimum Gasteiger partial charge on any atom is -0.319 e. The van der Waals surface area contributed by atoms with Gasteiger partial charge in [-0.05, 0) is 25.3 Å². The fourth-order valence-corrected chi connectivity index (χ4v) is 2.93. The van der Waals surface area contributed by atoms with Crippen molar-refractivity contribution in [2.45, 2.75) is 25.7 Å². The first-order valence-corrected chi connectivity index (χ1v) is 6.35. The molecular formula is C14H26N2. The molecule has 1 N–H and O–H groups in total. The van der Waals surface area contributed by atoms with Crippen molar-refractivity contribution in [1.82, 2.24) is 10.2 Å². The Morgan fingerprint density at radius 2 is 1.75 bits per heavy atom. The Morgan fingerprint density at radius 3 is 2.19 bits per heavy atom. The predicted molar refractivity (Wildman–Crippen MR) is 71.7 cm³/mol. The minimum atomic E-state index is 0.487. The third-order valence-corrected chi connectivity index (χ3v) is 3.55. The first-order chi connectivity index (χ1) is 7.76. The Morgan fingerprint density at radius 1 is 1.19 bits per heavy atom. The van der Waals surface area contributed by atoms with E-state index in [4.69, 9.17) is 0 Å². The van der Waals surface area contributed by atoms with Crippen LogP contribution in [-0.2, 0) is 0 Å². The van der Waals surface area contributed by atoms with Crippen LogP contribution in [0.25, 0.3) is 0 Å². The molecule has 0 bridgehead atoms. The summed E-state index contributed by atoms with van der Waals surface area (Å²) in [5.41, 5.74) is 0.487. The van der Waals surface area contributed by atoms with Gasteiger partial charge in [0.1, 0.15) is 0 Å². The largest absolute Gasteiger partial charge is 0.319 e. The van der Waals surface area contributed by atoms with E-state index in [9.17, 15) is 0 Å². The molecular weight excluding hydrogens is 196 g/mol. The molecule has 92 valence electrons. The van der Waals surface area contributed by atoms with Crippen molar-refractivity contribution >= 4 is 0 Å². The molecule has 0 aromatic rings. The van der Waals surface area contributed by atoms with Gasteiger partial charge in [0.05, 0.1) is 0 Å². The van der Waals surface area contributed by atoms with Gasteiger partial charge >= 0.3 is 0 Å². The van der Waals surface area contributed by atoms with Gasteiger partial charge in [0.25, 0.3) is 0 Å². The summed E-state index contributed by atoms with van der Waals surface area (Å²) in [6, 6.07) is 0. The highest BCUT2D eigenvalue weighted by Gasteiger charge is 2.34. The first-order valence-electron chi connectivity index (χ1n) is 6.35. The lowest BCUT2D eigenvalue weighted by molar-refractivity contribution is 0.174. The zero-order chi connectivity index (χ0) is 11.9. The summed E-state index contributed by atoms with van der Waals surface area (Å²) in [7, 11) is 2.06. The van der Waals surface area contributed by atoms with Crippen molar-refractivity contribution in [1.29, 1.82) is 0 Å². The second kappa shape index (κ2) is 6.87. The van der Waals surface area contributed by atoms with Crippen molar-refractivity contribution in [2.24, 2.45) is 5.41 Å². The van der Waals surface area contributed by atoms with E-state index >= 15 is 0 Å². The molecule has 0 aromatic carbocycles. The summed E-state index contributed by atoms with van der Waals surface area (Å²) in [5.74, 6) is 0. The van der Waals surface area contributed by atoms with Crippen LogP contribution in [0.1, 0.15) is 25.7 Å². The Hall–Kier alpha value is -0.600. The molecule has 1 rings (SSSR count). The highest BCUT2D eigenvalue weighted by atomic mass is 15.1. The molecule has 0 heterocycles. The van der Waals surface area contributed by atoms with Crippen LogP contribution in [0.3, 0.4) is 0 Å².